The van der Waals surface area contributed by atoms with E-state index in [0.29, 0.717) is 26.1 Å². The second-order valence-electron chi connectivity index (χ2n) is 9.48. The van der Waals surface area contributed by atoms with Gasteiger partial charge in [0.15, 0.2) is 0 Å². The van der Waals surface area contributed by atoms with E-state index < -0.39 is 24.3 Å². The summed E-state index contributed by atoms with van der Waals surface area (Å²) < 4.78 is 63.5. The molecule has 1 spiro atoms. The third kappa shape index (κ3) is 11.1. The Kier molecular flexibility index (Phi) is 11.7. The van der Waals surface area contributed by atoms with Crippen LogP contribution in [0.1, 0.15) is 26.0 Å². The van der Waals surface area contributed by atoms with Crippen LogP contribution in [0.25, 0.3) is 0 Å². The summed E-state index contributed by atoms with van der Waals surface area (Å²) in [5, 5.41) is 14.2. The molecule has 2 N–H and O–H groups in total. The van der Waals surface area contributed by atoms with Gasteiger partial charge in [-0.3, -0.25) is 19.5 Å². The minimum Gasteiger partial charge on any atom is -0.475 e. The van der Waals surface area contributed by atoms with E-state index in [1.807, 2.05) is 55.1 Å². The summed E-state index contributed by atoms with van der Waals surface area (Å²) >= 11 is 0. The number of rotatable bonds is 3. The van der Waals surface area contributed by atoms with E-state index in [2.05, 4.69) is 9.88 Å². The number of pyridine rings is 1. The minimum absolute atomic E-state index is 0.0192. The molecule has 2 aliphatic rings. The fourth-order valence-corrected chi connectivity index (χ4v) is 4.07. The Morgan fingerprint density at radius 2 is 1.51 bits per heavy atom. The van der Waals surface area contributed by atoms with Crippen LogP contribution in [0.5, 0.6) is 0 Å². The average molecular weight is 573 g/mol. The van der Waals surface area contributed by atoms with Gasteiger partial charge in [-0.25, -0.2) is 9.59 Å². The number of hydrogen-bond acceptors (Lipinski definition) is 6. The Morgan fingerprint density at radius 3 is 1.90 bits per heavy atom. The van der Waals surface area contributed by atoms with Gasteiger partial charge in [-0.1, -0.05) is 19.9 Å². The monoisotopic (exact) mass is 572 g/mol. The lowest BCUT2D eigenvalue weighted by atomic mass is 9.85. The molecule has 1 unspecified atom stereocenters. The van der Waals surface area contributed by atoms with E-state index in [1.54, 1.807) is 0 Å². The molecule has 10 nitrogen and oxygen atoms in total. The Bertz CT molecular complexity index is 981. The Hall–Kier alpha value is -3.43. The van der Waals surface area contributed by atoms with Gasteiger partial charge >= 0.3 is 24.3 Å². The molecule has 2 aliphatic heterocycles. The predicted octanol–water partition coefficient (Wildman–Crippen LogP) is 2.50. The molecule has 16 heteroatoms. The number of likely N-dealkylation sites (tertiary alicyclic amines) is 1. The molecule has 3 heterocycles. The maximum atomic E-state index is 12.6. The molecule has 0 aromatic carbocycles. The lowest BCUT2D eigenvalue weighted by Gasteiger charge is -2.33. The van der Waals surface area contributed by atoms with E-state index in [-0.39, 0.29) is 23.1 Å². The summed E-state index contributed by atoms with van der Waals surface area (Å²) in [5.41, 5.74) is 0.848. The summed E-state index contributed by atoms with van der Waals surface area (Å²) in [6, 6.07) is 5.94. The number of amides is 2. The highest BCUT2D eigenvalue weighted by Gasteiger charge is 2.46. The predicted molar refractivity (Wildman–Crippen MR) is 123 cm³/mol. The molecule has 1 atom stereocenters. The van der Waals surface area contributed by atoms with Crippen molar-refractivity contribution in [1.82, 2.24) is 19.7 Å². The molecule has 1 aromatic heterocycles. The van der Waals surface area contributed by atoms with Gasteiger partial charge in [-0.05, 0) is 12.1 Å². The Morgan fingerprint density at radius 1 is 0.974 bits per heavy atom. The zero-order chi connectivity index (χ0) is 30.2. The number of carbonyl (C=O) groups is 4. The first-order chi connectivity index (χ1) is 17.8. The van der Waals surface area contributed by atoms with E-state index >= 15 is 0 Å². The molecule has 2 amide bonds. The van der Waals surface area contributed by atoms with Gasteiger partial charge in [0, 0.05) is 70.3 Å². The fraction of sp³-hybridized carbons (Fsp3) is 0.609. The molecular formula is C23H30F6N4O6. The van der Waals surface area contributed by atoms with E-state index in [0.717, 1.165) is 25.3 Å². The highest BCUT2D eigenvalue weighted by Crippen LogP contribution is 2.35. The molecule has 0 bridgehead atoms. The summed E-state index contributed by atoms with van der Waals surface area (Å²) in [7, 11) is 1.86. The lowest BCUT2D eigenvalue weighted by Crippen LogP contribution is -2.45. The number of aliphatic carboxylic acids is 2. The van der Waals surface area contributed by atoms with Crippen LogP contribution in [0.15, 0.2) is 24.4 Å². The highest BCUT2D eigenvalue weighted by atomic mass is 19.4. The number of carboxylic acid groups (broad SMARTS) is 2. The lowest BCUT2D eigenvalue weighted by molar-refractivity contribution is -0.193. The highest BCUT2D eigenvalue weighted by molar-refractivity contribution is 5.81. The first-order valence-electron chi connectivity index (χ1n) is 11.5. The van der Waals surface area contributed by atoms with Gasteiger partial charge in [0.2, 0.25) is 11.8 Å². The fourth-order valence-electron chi connectivity index (χ4n) is 4.07. The van der Waals surface area contributed by atoms with Crippen LogP contribution in [-0.4, -0.2) is 106 Å². The van der Waals surface area contributed by atoms with Gasteiger partial charge < -0.3 is 20.0 Å². The second-order valence-corrected chi connectivity index (χ2v) is 9.48. The van der Waals surface area contributed by atoms with Gasteiger partial charge in [-0.15, -0.1) is 0 Å². The SMILES string of the molecule is CC(C)C(=O)N1CCN(Cc2ccccn2)CC2(CC(=O)N(C)C2)C1.O=C(O)C(F)(F)F.O=C(O)C(F)(F)F. The van der Waals surface area contributed by atoms with Crippen LogP contribution in [0.4, 0.5) is 26.3 Å². The minimum atomic E-state index is -5.08. The summed E-state index contributed by atoms with van der Waals surface area (Å²) in [5.74, 6) is -5.17. The average Bonchev–Trinajstić information content (AvgIpc) is 2.96. The molecule has 1 aromatic rings. The van der Waals surface area contributed by atoms with Gasteiger partial charge in [0.25, 0.3) is 0 Å². The van der Waals surface area contributed by atoms with Crippen LogP contribution >= 0.6 is 0 Å². The number of hydrogen-bond donors (Lipinski definition) is 2. The van der Waals surface area contributed by atoms with Crippen molar-refractivity contribution in [3.8, 4) is 0 Å². The third-order valence-corrected chi connectivity index (χ3v) is 5.70. The first-order valence-corrected chi connectivity index (χ1v) is 11.5. The number of carboxylic acids is 2. The number of carbonyl (C=O) groups excluding carboxylic acids is 2. The van der Waals surface area contributed by atoms with Crippen LogP contribution in [0, 0.1) is 11.3 Å². The van der Waals surface area contributed by atoms with Crippen molar-refractivity contribution in [3.05, 3.63) is 30.1 Å². The molecular weight excluding hydrogens is 542 g/mol. The zero-order valence-electron chi connectivity index (χ0n) is 21.4. The molecule has 0 aliphatic carbocycles. The quantitative estimate of drug-likeness (QED) is 0.529. The maximum Gasteiger partial charge on any atom is 0.490 e. The number of alkyl halides is 6. The Balaban J connectivity index is 0.000000449. The largest absolute Gasteiger partial charge is 0.490 e. The first kappa shape index (κ1) is 33.6. The van der Waals surface area contributed by atoms with Gasteiger partial charge in [-0.2, -0.15) is 26.3 Å². The number of nitrogens with zero attached hydrogens (tertiary/aromatic N) is 4. The van der Waals surface area contributed by atoms with Crippen LogP contribution < -0.4 is 0 Å². The molecule has 2 saturated heterocycles. The normalized spacial score (nSPS) is 20.1. The van der Waals surface area contributed by atoms with Crippen LogP contribution in [0.2, 0.25) is 0 Å². The van der Waals surface area contributed by atoms with Crippen molar-refractivity contribution in [1.29, 1.82) is 0 Å². The van der Waals surface area contributed by atoms with Gasteiger partial charge in [0.05, 0.1) is 5.69 Å². The Labute approximate surface area is 220 Å². The van der Waals surface area contributed by atoms with Crippen molar-refractivity contribution >= 4 is 23.8 Å². The van der Waals surface area contributed by atoms with Crippen molar-refractivity contribution < 1.29 is 55.7 Å². The standard InChI is InChI=1S/C19H28N4O2.2C2HF3O2/c1-15(2)18(25)23-9-8-22(11-16-6-4-5-7-20-16)13-19(14-23)10-17(24)21(3)12-19;2*3-2(4,5)1(6)7/h4-7,15H,8-14H2,1-3H3;2*(H,6,7). The third-order valence-electron chi connectivity index (χ3n) is 5.70. The van der Waals surface area contributed by atoms with Crippen molar-refractivity contribution in [2.75, 3.05) is 39.8 Å². The molecule has 39 heavy (non-hydrogen) atoms. The summed E-state index contributed by atoms with van der Waals surface area (Å²) in [6.07, 6.45) is -7.84. The maximum absolute atomic E-state index is 12.6. The van der Waals surface area contributed by atoms with E-state index in [9.17, 15) is 35.9 Å². The van der Waals surface area contributed by atoms with Crippen molar-refractivity contribution in [2.24, 2.45) is 11.3 Å². The van der Waals surface area contributed by atoms with E-state index in [4.69, 9.17) is 19.8 Å². The number of halogens is 6. The second kappa shape index (κ2) is 13.6. The van der Waals surface area contributed by atoms with Crippen molar-refractivity contribution in [2.45, 2.75) is 39.2 Å². The van der Waals surface area contributed by atoms with Crippen LogP contribution in [-0.2, 0) is 25.7 Å². The van der Waals surface area contributed by atoms with Gasteiger partial charge in [0.1, 0.15) is 0 Å². The summed E-state index contributed by atoms with van der Waals surface area (Å²) in [4.78, 5) is 53.2. The molecule has 0 radical (unpaired) electrons. The van der Waals surface area contributed by atoms with Crippen molar-refractivity contribution in [3.63, 3.8) is 0 Å². The zero-order valence-corrected chi connectivity index (χ0v) is 21.4. The summed E-state index contributed by atoms with van der Waals surface area (Å²) in [6.45, 7) is 8.37. The molecule has 220 valence electrons. The molecule has 0 saturated carbocycles. The molecule has 2 fully saturated rings. The molecule has 3 rings (SSSR count). The van der Waals surface area contributed by atoms with E-state index in [1.165, 1.54) is 0 Å². The smallest absolute Gasteiger partial charge is 0.475 e. The van der Waals surface area contributed by atoms with Crippen LogP contribution in [0.3, 0.4) is 0 Å². The number of aromatic nitrogens is 1. The topological polar surface area (TPSA) is 131 Å².